The van der Waals surface area contributed by atoms with Crippen LogP contribution in [0, 0.1) is 51.1 Å². The highest BCUT2D eigenvalue weighted by Crippen LogP contribution is 2.47. The quantitative estimate of drug-likeness (QED) is 0.181. The molecule has 0 bridgehead atoms. The summed E-state index contributed by atoms with van der Waals surface area (Å²) < 4.78 is 33.5. The molecule has 0 fully saturated rings. The van der Waals surface area contributed by atoms with Gasteiger partial charge in [0.25, 0.3) is 0 Å². The molecule has 20 aromatic rings. The Balaban J connectivity index is 0.000000121. The molecule has 0 amide bonds. The number of H-pyrrole nitrogens is 1. The number of nitrogens with one attached hydrogen (secondary N) is 1. The molecule has 20 rings (SSSR count). The van der Waals surface area contributed by atoms with E-state index < -0.39 is 0 Å². The second kappa shape index (κ2) is 23.1. The number of para-hydroxylation sites is 6. The van der Waals surface area contributed by atoms with Crippen LogP contribution < -0.4 is 0 Å². The molecule has 0 spiro atoms. The van der Waals surface area contributed by atoms with Crippen LogP contribution in [-0.4, -0.2) is 18.7 Å². The Hall–Kier alpha value is -14.2. The Bertz CT molecular complexity index is 6900. The number of hydrogen-bond acceptors (Lipinski definition) is 6. The average molecular weight is 1270 g/mol. The van der Waals surface area contributed by atoms with Gasteiger partial charge in [-0.1, -0.05) is 146 Å². The Morgan fingerprint density at radius 3 is 1.03 bits per heavy atom. The van der Waals surface area contributed by atoms with E-state index in [2.05, 4.69) is 255 Å². The fourth-order valence-electron chi connectivity index (χ4n) is 14.7. The van der Waals surface area contributed by atoms with Crippen molar-refractivity contribution < 1.29 is 13.2 Å². The maximum absolute atomic E-state index is 12.8. The van der Waals surface area contributed by atoms with Gasteiger partial charge in [0.1, 0.15) is 52.4 Å². The first-order valence-electron chi connectivity index (χ1n) is 32.3. The van der Waals surface area contributed by atoms with Crippen molar-refractivity contribution in [3.8, 4) is 63.6 Å². The molecule has 0 saturated heterocycles. The molecule has 0 radical (unpaired) electrons. The van der Waals surface area contributed by atoms with E-state index in [4.69, 9.17) is 19.4 Å². The highest BCUT2D eigenvalue weighted by atomic mass is 19.1. The van der Waals surface area contributed by atoms with Crippen molar-refractivity contribution in [3.05, 3.63) is 319 Å². The number of nitriles is 4. The molecular weight excluding hydrogens is 1220 g/mol. The average Bonchev–Trinajstić information content (AvgIpc) is 1.55. The molecule has 0 aliphatic carbocycles. The van der Waals surface area contributed by atoms with Crippen molar-refractivity contribution in [2.75, 3.05) is 0 Å². The van der Waals surface area contributed by atoms with Crippen molar-refractivity contribution in [2.24, 2.45) is 0 Å². The Labute approximate surface area is 563 Å². The van der Waals surface area contributed by atoms with Crippen LogP contribution in [0.25, 0.3) is 170 Å². The van der Waals surface area contributed by atoms with Gasteiger partial charge in [0.05, 0.1) is 82.4 Å². The third kappa shape index (κ3) is 9.12. The molecule has 6 aromatic heterocycles. The molecule has 99 heavy (non-hydrogen) atoms. The molecule has 0 saturated carbocycles. The number of fused-ring (bicyclic) bond motifs is 22. The summed E-state index contributed by atoms with van der Waals surface area (Å²) in [7, 11) is 0. The van der Waals surface area contributed by atoms with Crippen molar-refractivity contribution in [1.29, 1.82) is 21.0 Å². The Morgan fingerprint density at radius 2 is 0.606 bits per heavy atom. The minimum Gasteiger partial charge on any atom is -0.455 e. The summed E-state index contributed by atoms with van der Waals surface area (Å²) in [5.41, 5.74) is 20.9. The van der Waals surface area contributed by atoms with Gasteiger partial charge in [-0.3, -0.25) is 0 Å². The predicted molar refractivity (Wildman–Crippen MR) is 396 cm³/mol. The van der Waals surface area contributed by atoms with Gasteiger partial charge in [0, 0.05) is 65.7 Å². The number of rotatable bonds is 5. The summed E-state index contributed by atoms with van der Waals surface area (Å²) in [6.45, 7) is 0. The molecule has 460 valence electrons. The second-order valence-electron chi connectivity index (χ2n) is 24.5. The molecule has 11 heteroatoms. The van der Waals surface area contributed by atoms with Gasteiger partial charge < -0.3 is 27.5 Å². The lowest BCUT2D eigenvalue weighted by Crippen LogP contribution is -1.94. The number of nitrogens with zero attached hydrogens (tertiary/aromatic N) is 7. The molecule has 0 unspecified atom stereocenters. The number of aromatic amines is 1. The summed E-state index contributed by atoms with van der Waals surface area (Å²) in [6, 6.07) is 106. The third-order valence-electron chi connectivity index (χ3n) is 19.2. The summed E-state index contributed by atoms with van der Waals surface area (Å²) in [4.78, 5) is 3.54. The molecule has 1 N–H and O–H groups in total. The number of furan rings is 2. The van der Waals surface area contributed by atoms with Crippen LogP contribution >= 0.6 is 0 Å². The van der Waals surface area contributed by atoms with E-state index in [-0.39, 0.29) is 5.82 Å². The smallest absolute Gasteiger partial charge is 0.145 e. The van der Waals surface area contributed by atoms with Gasteiger partial charge in [0.2, 0.25) is 0 Å². The lowest BCUT2D eigenvalue weighted by atomic mass is 10.00. The van der Waals surface area contributed by atoms with E-state index in [1.165, 1.54) is 28.4 Å². The largest absolute Gasteiger partial charge is 0.455 e. The van der Waals surface area contributed by atoms with Gasteiger partial charge in [-0.2, -0.15) is 21.0 Å². The predicted octanol–water partition coefficient (Wildman–Crippen LogP) is 22.7. The van der Waals surface area contributed by atoms with Crippen LogP contribution in [0.15, 0.2) is 300 Å². The molecule has 0 aliphatic heterocycles. The molecule has 0 aliphatic rings. The SMILES string of the molecule is N#Cc1ccc(-c2ccc(-n3c4ccccc4c4c5oc6c(ccc7c6c6ccccc6n7-c6ccccc6)c5ccc43)cc2)cc1C#N.N#Cc1ccc(-c2ccc(F)cc2)cc1C#N.c1ccc(-n2c3ccccc3c3c4oc5c(ccc6[nH]c7ccccc7c65)c4ccc32)cc1. The van der Waals surface area contributed by atoms with Gasteiger partial charge in [-0.05, 0) is 168 Å². The van der Waals surface area contributed by atoms with E-state index in [0.717, 1.165) is 154 Å². The summed E-state index contributed by atoms with van der Waals surface area (Å²) >= 11 is 0. The fourth-order valence-corrected chi connectivity index (χ4v) is 14.7. The Kier molecular flexibility index (Phi) is 13.4. The van der Waals surface area contributed by atoms with E-state index >= 15 is 0 Å². The zero-order valence-electron chi connectivity index (χ0n) is 52.5. The van der Waals surface area contributed by atoms with E-state index in [9.17, 15) is 14.9 Å². The van der Waals surface area contributed by atoms with Gasteiger partial charge in [-0.15, -0.1) is 0 Å². The topological polar surface area (TPSA) is 152 Å². The second-order valence-corrected chi connectivity index (χ2v) is 24.5. The zero-order valence-corrected chi connectivity index (χ0v) is 52.5. The standard InChI is InChI=1S/C44H24N4O.C30H18N2O.C14H7FN2/c45-25-29-15-14-28(24-30(29)26-46)27-16-18-32(19-17-27)48-38-13-7-5-11-36(38)42-40(48)23-21-34-33-20-22-39-41(43(33)49-44(34)42)35-10-4-6-12-37(35)47(39)31-8-2-1-3-9-31;1-2-8-18(9-3-1)32-25-13-7-5-11-22(25)28-26(32)17-15-20-19-14-16-24-27(29(19)33-30(20)28)21-10-4-6-12-23(21)31-24;15-14-5-3-10(4-6-14)11-1-2-12(8-16)13(7-11)9-17/h1-24H;1-17,31H;1-7H. The fraction of sp³-hybridized carbons (Fsp3) is 0. The molecule has 6 heterocycles. The van der Waals surface area contributed by atoms with Crippen molar-refractivity contribution in [2.45, 2.75) is 0 Å². The minimum absolute atomic E-state index is 0.303. The molecule has 0 atom stereocenters. The maximum Gasteiger partial charge on any atom is 0.145 e. The van der Waals surface area contributed by atoms with Crippen LogP contribution in [0.3, 0.4) is 0 Å². The van der Waals surface area contributed by atoms with E-state index in [1.807, 2.05) is 24.3 Å². The van der Waals surface area contributed by atoms with Crippen LogP contribution in [0.5, 0.6) is 0 Å². The molecule has 14 aromatic carbocycles. The lowest BCUT2D eigenvalue weighted by molar-refractivity contribution is 0.628. The number of hydrogen-bond donors (Lipinski definition) is 1. The first-order chi connectivity index (χ1) is 48.9. The van der Waals surface area contributed by atoms with Crippen LogP contribution in [0.2, 0.25) is 0 Å². The number of aromatic nitrogens is 4. The molecule has 10 nitrogen and oxygen atoms in total. The van der Waals surface area contributed by atoms with Crippen LogP contribution in [0.1, 0.15) is 22.3 Å². The highest BCUT2D eigenvalue weighted by molar-refractivity contribution is 6.30. The van der Waals surface area contributed by atoms with Crippen LogP contribution in [-0.2, 0) is 0 Å². The maximum atomic E-state index is 12.8. The van der Waals surface area contributed by atoms with Crippen LogP contribution in [0.4, 0.5) is 4.39 Å². The van der Waals surface area contributed by atoms with Crippen molar-refractivity contribution in [1.82, 2.24) is 18.7 Å². The van der Waals surface area contributed by atoms with Crippen molar-refractivity contribution in [3.63, 3.8) is 0 Å². The summed E-state index contributed by atoms with van der Waals surface area (Å²) in [6.07, 6.45) is 0. The van der Waals surface area contributed by atoms with E-state index in [1.54, 1.807) is 42.5 Å². The minimum atomic E-state index is -0.303. The molecular formula is C88H49FN8O2. The first kappa shape index (κ1) is 57.4. The van der Waals surface area contributed by atoms with Crippen molar-refractivity contribution >= 4 is 131 Å². The Morgan fingerprint density at radius 1 is 0.263 bits per heavy atom. The van der Waals surface area contributed by atoms with E-state index in [0.29, 0.717) is 22.3 Å². The third-order valence-corrected chi connectivity index (χ3v) is 19.2. The highest BCUT2D eigenvalue weighted by Gasteiger charge is 2.24. The van der Waals surface area contributed by atoms with Gasteiger partial charge in [-0.25, -0.2) is 4.39 Å². The number of benzene rings is 14. The normalized spacial score (nSPS) is 11.4. The number of halogens is 1. The monoisotopic (exact) mass is 1270 g/mol. The summed E-state index contributed by atoms with van der Waals surface area (Å²) in [5.74, 6) is -0.303. The summed E-state index contributed by atoms with van der Waals surface area (Å²) in [5, 5.41) is 50.3. The first-order valence-corrected chi connectivity index (χ1v) is 32.3. The van der Waals surface area contributed by atoms with Gasteiger partial charge in [0.15, 0.2) is 0 Å². The van der Waals surface area contributed by atoms with Gasteiger partial charge >= 0.3 is 0 Å². The zero-order chi connectivity index (χ0) is 66.4. The lowest BCUT2D eigenvalue weighted by Gasteiger charge is -2.10.